The van der Waals surface area contributed by atoms with E-state index in [-0.39, 0.29) is 5.78 Å². The predicted molar refractivity (Wildman–Crippen MR) is 92.7 cm³/mol. The van der Waals surface area contributed by atoms with Crippen LogP contribution in [0.25, 0.3) is 0 Å². The Balaban J connectivity index is 2.01. The summed E-state index contributed by atoms with van der Waals surface area (Å²) in [5.41, 5.74) is 1.49. The minimum absolute atomic E-state index is 0.00359. The number of benzene rings is 2. The van der Waals surface area contributed by atoms with Crippen LogP contribution in [0, 0.1) is 0 Å². The van der Waals surface area contributed by atoms with Crippen LogP contribution in [0.3, 0.4) is 0 Å². The average Bonchev–Trinajstić information content (AvgIpc) is 2.61. The third kappa shape index (κ3) is 4.83. The number of hydrogen-bond donors (Lipinski definition) is 0. The second kappa shape index (κ2) is 8.50. The maximum Gasteiger partial charge on any atom is 0.347 e. The molecule has 0 saturated heterocycles. The van der Waals surface area contributed by atoms with Gasteiger partial charge in [-0.3, -0.25) is 4.79 Å². The van der Waals surface area contributed by atoms with E-state index in [1.165, 1.54) is 7.11 Å². The van der Waals surface area contributed by atoms with E-state index in [4.69, 9.17) is 16.3 Å². The quantitative estimate of drug-likeness (QED) is 0.559. The fourth-order valence-electron chi connectivity index (χ4n) is 2.20. The van der Waals surface area contributed by atoms with Crippen molar-refractivity contribution in [2.45, 2.75) is 25.9 Å². The normalized spacial score (nSPS) is 11.6. The molecule has 0 aliphatic carbocycles. The summed E-state index contributed by atoms with van der Waals surface area (Å²) in [5.74, 6) is 0.111. The lowest BCUT2D eigenvalue weighted by Crippen LogP contribution is -2.27. The molecule has 5 heteroatoms. The molecule has 0 heterocycles. The molecule has 0 fully saturated rings. The van der Waals surface area contributed by atoms with Crippen LogP contribution < -0.4 is 4.74 Å². The van der Waals surface area contributed by atoms with E-state index >= 15 is 0 Å². The number of rotatable bonds is 7. The van der Waals surface area contributed by atoms with Crippen molar-refractivity contribution in [1.82, 2.24) is 0 Å². The Morgan fingerprint density at radius 1 is 1.04 bits per heavy atom. The highest BCUT2D eigenvalue weighted by molar-refractivity contribution is 6.30. The van der Waals surface area contributed by atoms with Crippen LogP contribution in [0.4, 0.5) is 0 Å². The van der Waals surface area contributed by atoms with E-state index in [0.717, 1.165) is 5.56 Å². The Morgan fingerprint density at radius 2 is 1.67 bits per heavy atom. The van der Waals surface area contributed by atoms with Crippen molar-refractivity contribution in [3.8, 4) is 5.75 Å². The largest absolute Gasteiger partial charge is 0.479 e. The third-order valence-corrected chi connectivity index (χ3v) is 3.82. The van der Waals surface area contributed by atoms with Gasteiger partial charge < -0.3 is 9.47 Å². The molecule has 2 rings (SSSR count). The summed E-state index contributed by atoms with van der Waals surface area (Å²) in [6.07, 6.45) is 0.159. The van der Waals surface area contributed by atoms with Gasteiger partial charge in [0.1, 0.15) is 5.75 Å². The first kappa shape index (κ1) is 18.0. The van der Waals surface area contributed by atoms with Gasteiger partial charge in [-0.1, -0.05) is 30.7 Å². The zero-order chi connectivity index (χ0) is 17.5. The van der Waals surface area contributed by atoms with E-state index in [2.05, 4.69) is 4.74 Å². The molecule has 0 amide bonds. The van der Waals surface area contributed by atoms with Crippen LogP contribution in [-0.4, -0.2) is 25.0 Å². The van der Waals surface area contributed by atoms with Gasteiger partial charge in [-0.05, 0) is 48.4 Å². The van der Waals surface area contributed by atoms with Gasteiger partial charge in [-0.25, -0.2) is 4.79 Å². The minimum atomic E-state index is -0.648. The van der Waals surface area contributed by atoms with Crippen molar-refractivity contribution >= 4 is 23.4 Å². The van der Waals surface area contributed by atoms with Crippen molar-refractivity contribution in [1.29, 1.82) is 0 Å². The second-order valence-corrected chi connectivity index (χ2v) is 5.73. The number of carbonyl (C=O) groups is 2. The molecule has 0 aliphatic heterocycles. The molecule has 2 aromatic rings. The van der Waals surface area contributed by atoms with Crippen molar-refractivity contribution < 1.29 is 19.1 Å². The summed E-state index contributed by atoms with van der Waals surface area (Å²) in [4.78, 5) is 23.8. The van der Waals surface area contributed by atoms with Gasteiger partial charge >= 0.3 is 5.97 Å². The van der Waals surface area contributed by atoms with E-state index in [9.17, 15) is 9.59 Å². The summed E-state index contributed by atoms with van der Waals surface area (Å²) in [5, 5.41) is 0.642. The highest BCUT2D eigenvalue weighted by atomic mass is 35.5. The van der Waals surface area contributed by atoms with E-state index in [1.807, 2.05) is 19.1 Å². The lowest BCUT2D eigenvalue weighted by Gasteiger charge is -2.15. The number of ether oxygens (including phenoxy) is 2. The van der Waals surface area contributed by atoms with Crippen LogP contribution in [0.2, 0.25) is 5.02 Å². The average molecular weight is 347 g/mol. The number of ketones is 1. The molecule has 0 bridgehead atoms. The van der Waals surface area contributed by atoms with Crippen LogP contribution in [0.5, 0.6) is 5.75 Å². The highest BCUT2D eigenvalue weighted by Crippen LogP contribution is 2.17. The van der Waals surface area contributed by atoms with Gasteiger partial charge in [0.2, 0.25) is 0 Å². The Hall–Kier alpha value is -2.33. The molecular weight excluding hydrogens is 328 g/mol. The molecule has 0 radical (unpaired) electrons. The number of methoxy groups -OCH3 is 1. The number of Topliss-reactive ketones (excluding diaryl/α,β-unsaturated/α-hetero) is 1. The van der Waals surface area contributed by atoms with Gasteiger partial charge in [-0.2, -0.15) is 0 Å². The summed E-state index contributed by atoms with van der Waals surface area (Å²) < 4.78 is 10.3. The highest BCUT2D eigenvalue weighted by Gasteiger charge is 2.18. The molecule has 0 aliphatic rings. The first-order chi connectivity index (χ1) is 11.5. The topological polar surface area (TPSA) is 52.6 Å². The minimum Gasteiger partial charge on any atom is -0.479 e. The standard InChI is InChI=1S/C19H19ClO4/c1-3-18(19(22)23-2)24-16-10-6-14(7-11-16)17(21)12-13-4-8-15(20)9-5-13/h4-11,18H,3,12H2,1-2H3. The molecule has 0 saturated carbocycles. The van der Waals surface area contributed by atoms with Gasteiger partial charge in [-0.15, -0.1) is 0 Å². The van der Waals surface area contributed by atoms with Crippen molar-refractivity contribution in [2.24, 2.45) is 0 Å². The fraction of sp³-hybridized carbons (Fsp3) is 0.263. The van der Waals surface area contributed by atoms with Gasteiger partial charge in [0, 0.05) is 17.0 Å². The summed E-state index contributed by atoms with van der Waals surface area (Å²) in [6, 6.07) is 13.9. The van der Waals surface area contributed by atoms with Crippen molar-refractivity contribution in [3.63, 3.8) is 0 Å². The molecule has 24 heavy (non-hydrogen) atoms. The maximum absolute atomic E-state index is 12.3. The zero-order valence-corrected chi connectivity index (χ0v) is 14.4. The Bertz CT molecular complexity index is 692. The smallest absolute Gasteiger partial charge is 0.347 e. The Kier molecular flexibility index (Phi) is 6.38. The van der Waals surface area contributed by atoms with Gasteiger partial charge in [0.15, 0.2) is 11.9 Å². The Labute approximate surface area is 146 Å². The molecule has 0 N–H and O–H groups in total. The molecule has 4 nitrogen and oxygen atoms in total. The molecule has 126 valence electrons. The summed E-state index contributed by atoms with van der Waals surface area (Å²) in [6.45, 7) is 1.84. The van der Waals surface area contributed by atoms with Gasteiger partial charge in [0.05, 0.1) is 7.11 Å². The number of hydrogen-bond acceptors (Lipinski definition) is 4. The first-order valence-electron chi connectivity index (χ1n) is 7.65. The van der Waals surface area contributed by atoms with Crippen molar-refractivity contribution in [3.05, 3.63) is 64.7 Å². The summed E-state index contributed by atoms with van der Waals surface area (Å²) >= 11 is 5.84. The lowest BCUT2D eigenvalue weighted by molar-refractivity contribution is -0.148. The molecular formula is C19H19ClO4. The monoisotopic (exact) mass is 346 g/mol. The van der Waals surface area contributed by atoms with E-state index in [0.29, 0.717) is 29.2 Å². The van der Waals surface area contributed by atoms with Crippen LogP contribution >= 0.6 is 11.6 Å². The maximum atomic E-state index is 12.3. The fourth-order valence-corrected chi connectivity index (χ4v) is 2.33. The molecule has 1 atom stereocenters. The van der Waals surface area contributed by atoms with Crippen LogP contribution in [-0.2, 0) is 16.0 Å². The lowest BCUT2D eigenvalue weighted by atomic mass is 10.0. The molecule has 1 unspecified atom stereocenters. The SMILES string of the molecule is CCC(Oc1ccc(C(=O)Cc2ccc(Cl)cc2)cc1)C(=O)OC. The third-order valence-electron chi connectivity index (χ3n) is 3.57. The summed E-state index contributed by atoms with van der Waals surface area (Å²) in [7, 11) is 1.33. The Morgan fingerprint density at radius 3 is 2.21 bits per heavy atom. The molecule has 2 aromatic carbocycles. The van der Waals surface area contributed by atoms with Crippen LogP contribution in [0.1, 0.15) is 29.3 Å². The zero-order valence-electron chi connectivity index (χ0n) is 13.6. The van der Waals surface area contributed by atoms with Gasteiger partial charge in [0.25, 0.3) is 0 Å². The van der Waals surface area contributed by atoms with E-state index in [1.54, 1.807) is 36.4 Å². The number of carbonyl (C=O) groups excluding carboxylic acids is 2. The number of halogens is 1. The number of esters is 1. The predicted octanol–water partition coefficient (Wildman–Crippen LogP) is 4.10. The molecule has 0 aromatic heterocycles. The van der Waals surface area contributed by atoms with Crippen molar-refractivity contribution in [2.75, 3.05) is 7.11 Å². The van der Waals surface area contributed by atoms with Crippen LogP contribution in [0.15, 0.2) is 48.5 Å². The molecule has 0 spiro atoms. The first-order valence-corrected chi connectivity index (χ1v) is 8.03. The van der Waals surface area contributed by atoms with E-state index < -0.39 is 12.1 Å². The second-order valence-electron chi connectivity index (χ2n) is 5.29.